The summed E-state index contributed by atoms with van der Waals surface area (Å²) >= 11 is 0. The van der Waals surface area contributed by atoms with Gasteiger partial charge in [0.05, 0.1) is 19.3 Å². The number of nitrogen functional groups attached to an aromatic ring is 1. The first-order valence-corrected chi connectivity index (χ1v) is 12.9. The molecule has 1 aliphatic rings. The molecule has 2 aromatic heterocycles. The molecule has 0 radical (unpaired) electrons. The van der Waals surface area contributed by atoms with Gasteiger partial charge in [0.15, 0.2) is 5.82 Å². The van der Waals surface area contributed by atoms with E-state index in [-0.39, 0.29) is 18.6 Å². The molecule has 10 nitrogen and oxygen atoms in total. The molecule has 10 heteroatoms. The van der Waals surface area contributed by atoms with Gasteiger partial charge in [-0.05, 0) is 44.2 Å². The third kappa shape index (κ3) is 6.24. The molecule has 1 aliphatic heterocycles. The van der Waals surface area contributed by atoms with Gasteiger partial charge in [0.1, 0.15) is 16.8 Å². The molecule has 1 fully saturated rings. The van der Waals surface area contributed by atoms with Crippen molar-refractivity contribution in [2.24, 2.45) is 0 Å². The van der Waals surface area contributed by atoms with Crippen molar-refractivity contribution < 1.29 is 14.6 Å². The second-order valence-corrected chi connectivity index (χ2v) is 9.43. The zero-order chi connectivity index (χ0) is 25.5. The van der Waals surface area contributed by atoms with Crippen molar-refractivity contribution in [2.75, 3.05) is 38.0 Å². The molecule has 1 unspecified atom stereocenters. The Balaban J connectivity index is 1.59. The van der Waals surface area contributed by atoms with Gasteiger partial charge in [-0.2, -0.15) is 10.1 Å². The van der Waals surface area contributed by atoms with Gasteiger partial charge in [-0.1, -0.05) is 25.5 Å². The summed E-state index contributed by atoms with van der Waals surface area (Å²) < 4.78 is 13.1. The van der Waals surface area contributed by atoms with Crippen LogP contribution in [-0.2, 0) is 17.8 Å². The lowest BCUT2D eigenvalue weighted by Crippen LogP contribution is -2.34. The van der Waals surface area contributed by atoms with Crippen LogP contribution in [0.2, 0.25) is 0 Å². The van der Waals surface area contributed by atoms with Crippen LogP contribution in [0.25, 0.3) is 11.0 Å². The minimum atomic E-state index is 0.0817. The molecule has 1 atom stereocenters. The average Bonchev–Trinajstić information content (AvgIpc) is 3.19. The molecule has 1 saturated heterocycles. The number of aryl methyl sites for hydroxylation is 1. The van der Waals surface area contributed by atoms with E-state index < -0.39 is 0 Å². The van der Waals surface area contributed by atoms with Crippen LogP contribution in [0, 0.1) is 6.92 Å². The van der Waals surface area contributed by atoms with Crippen LogP contribution >= 0.6 is 0 Å². The van der Waals surface area contributed by atoms with Gasteiger partial charge in [-0.15, -0.1) is 0 Å². The number of nitrogens with zero attached hydrogens (tertiary/aromatic N) is 4. The number of aromatic nitrogens is 4. The molecular formula is C26H39N7O3. The van der Waals surface area contributed by atoms with E-state index in [0.29, 0.717) is 24.8 Å². The first kappa shape index (κ1) is 26.1. The van der Waals surface area contributed by atoms with Crippen LogP contribution in [0.5, 0.6) is 5.75 Å². The van der Waals surface area contributed by atoms with Gasteiger partial charge >= 0.3 is 0 Å². The van der Waals surface area contributed by atoms with Crippen LogP contribution in [0.3, 0.4) is 0 Å². The lowest BCUT2D eigenvalue weighted by molar-refractivity contribution is 0.0776. The summed E-state index contributed by atoms with van der Waals surface area (Å²) in [4.78, 5) is 8.98. The summed E-state index contributed by atoms with van der Waals surface area (Å²) in [5.74, 6) is 1.66. The smallest absolute Gasteiger partial charge is 0.222 e. The van der Waals surface area contributed by atoms with Gasteiger partial charge in [0.2, 0.25) is 5.95 Å². The van der Waals surface area contributed by atoms with Crippen LogP contribution in [0.4, 0.5) is 11.8 Å². The van der Waals surface area contributed by atoms with E-state index in [9.17, 15) is 5.11 Å². The van der Waals surface area contributed by atoms with Gasteiger partial charge in [0.25, 0.3) is 0 Å². The highest BCUT2D eigenvalue weighted by atomic mass is 16.5. The number of fused-ring (bicyclic) bond motifs is 1. The van der Waals surface area contributed by atoms with E-state index >= 15 is 0 Å². The van der Waals surface area contributed by atoms with Crippen molar-refractivity contribution in [3.63, 3.8) is 0 Å². The highest BCUT2D eigenvalue weighted by molar-refractivity contribution is 5.88. The zero-order valence-corrected chi connectivity index (χ0v) is 21.6. The number of aliphatic hydroxyl groups is 1. The van der Waals surface area contributed by atoms with E-state index in [4.69, 9.17) is 20.3 Å². The monoisotopic (exact) mass is 497 g/mol. The molecule has 3 heterocycles. The van der Waals surface area contributed by atoms with Crippen molar-refractivity contribution in [1.82, 2.24) is 25.1 Å². The van der Waals surface area contributed by atoms with Crippen molar-refractivity contribution in [3.8, 4) is 5.75 Å². The average molecular weight is 498 g/mol. The maximum absolute atomic E-state index is 9.52. The molecule has 36 heavy (non-hydrogen) atoms. The Morgan fingerprint density at radius 3 is 2.78 bits per heavy atom. The van der Waals surface area contributed by atoms with Crippen LogP contribution in [-0.4, -0.2) is 63.9 Å². The predicted molar refractivity (Wildman–Crippen MR) is 141 cm³/mol. The molecule has 3 aromatic rings. The lowest BCUT2D eigenvalue weighted by Gasteiger charge is -2.23. The van der Waals surface area contributed by atoms with E-state index in [1.165, 1.54) is 5.56 Å². The summed E-state index contributed by atoms with van der Waals surface area (Å²) in [6, 6.07) is 6.89. The first-order valence-electron chi connectivity index (χ1n) is 12.9. The lowest BCUT2D eigenvalue weighted by atomic mass is 10.1. The molecule has 0 amide bonds. The second kappa shape index (κ2) is 12.3. The van der Waals surface area contributed by atoms with Crippen LogP contribution in [0.15, 0.2) is 18.2 Å². The summed E-state index contributed by atoms with van der Waals surface area (Å²) in [6.07, 6.45) is 4.62. The van der Waals surface area contributed by atoms with Gasteiger partial charge in [0, 0.05) is 44.0 Å². The Labute approximate surface area is 212 Å². The van der Waals surface area contributed by atoms with Gasteiger partial charge in [-0.3, -0.25) is 4.68 Å². The number of nitrogens with one attached hydrogen (secondary N) is 2. The third-order valence-corrected chi connectivity index (χ3v) is 6.72. The third-order valence-electron chi connectivity index (χ3n) is 6.72. The Morgan fingerprint density at radius 2 is 2.06 bits per heavy atom. The van der Waals surface area contributed by atoms with E-state index in [1.807, 2.05) is 11.6 Å². The fourth-order valence-corrected chi connectivity index (χ4v) is 4.80. The van der Waals surface area contributed by atoms with Crippen molar-refractivity contribution >= 4 is 22.8 Å². The minimum absolute atomic E-state index is 0.0817. The number of methoxy groups -OCH3 is 1. The number of aliphatic hydroxyl groups excluding tert-OH is 1. The molecule has 1 aromatic carbocycles. The summed E-state index contributed by atoms with van der Waals surface area (Å²) in [5, 5.41) is 21.4. The normalized spacial score (nSPS) is 15.3. The minimum Gasteiger partial charge on any atom is -0.496 e. The fraction of sp³-hybridized carbons (Fsp3) is 0.577. The molecule has 0 saturated carbocycles. The molecule has 0 aliphatic carbocycles. The Bertz CT molecular complexity index is 1140. The largest absolute Gasteiger partial charge is 0.496 e. The Hall–Kier alpha value is -2.95. The fourth-order valence-electron chi connectivity index (χ4n) is 4.80. The number of nitrogens with two attached hydrogens (primary N) is 1. The highest BCUT2D eigenvalue weighted by Crippen LogP contribution is 2.28. The number of rotatable bonds is 12. The maximum atomic E-state index is 9.52. The Morgan fingerprint density at radius 1 is 1.25 bits per heavy atom. The molecule has 196 valence electrons. The molecule has 5 N–H and O–H groups in total. The maximum Gasteiger partial charge on any atom is 0.222 e. The number of hydrogen-bond acceptors (Lipinski definition) is 9. The predicted octanol–water partition coefficient (Wildman–Crippen LogP) is 3.01. The number of ether oxygens (including phenoxy) is 2. The topological polar surface area (TPSA) is 132 Å². The first-order chi connectivity index (χ1) is 17.5. The van der Waals surface area contributed by atoms with Gasteiger partial charge in [-0.25, -0.2) is 4.98 Å². The molecule has 0 spiro atoms. The SMILES string of the molecule is CCCC(CCO)Nc1nc(N)nc2c(C)nn(Cc3ccc(CNC4CCOCC4)cc3OC)c12. The summed E-state index contributed by atoms with van der Waals surface area (Å²) in [5.41, 5.74) is 10.5. The van der Waals surface area contributed by atoms with E-state index in [0.717, 1.165) is 73.5 Å². The summed E-state index contributed by atoms with van der Waals surface area (Å²) in [6.45, 7) is 7.09. The molecule has 4 rings (SSSR count). The van der Waals surface area contributed by atoms with E-state index in [1.54, 1.807) is 7.11 Å². The summed E-state index contributed by atoms with van der Waals surface area (Å²) in [7, 11) is 1.70. The molecule has 0 bridgehead atoms. The number of anilines is 2. The Kier molecular flexibility index (Phi) is 8.95. The second-order valence-electron chi connectivity index (χ2n) is 9.43. The standard InChI is InChI=1S/C26H39N7O3/c1-4-5-21(8-11-34)29-25-24-23(30-26(27)31-25)17(2)32-33(24)16-19-7-6-18(14-22(19)35-3)15-28-20-9-12-36-13-10-20/h6-7,14,20-21,28,34H,4-5,8-13,15-16H2,1-3H3,(H3,27,29,30,31). The van der Waals surface area contributed by atoms with Crippen molar-refractivity contribution in [3.05, 3.63) is 35.0 Å². The van der Waals surface area contributed by atoms with E-state index in [2.05, 4.69) is 45.7 Å². The number of benzene rings is 1. The van der Waals surface area contributed by atoms with Gasteiger partial charge < -0.3 is 30.9 Å². The van der Waals surface area contributed by atoms with Crippen molar-refractivity contribution in [2.45, 2.75) is 71.1 Å². The zero-order valence-electron chi connectivity index (χ0n) is 21.6. The quantitative estimate of drug-likeness (QED) is 0.298. The van der Waals surface area contributed by atoms with Crippen LogP contribution in [0.1, 0.15) is 55.8 Å². The highest BCUT2D eigenvalue weighted by Gasteiger charge is 2.20. The van der Waals surface area contributed by atoms with Crippen LogP contribution < -0.4 is 21.1 Å². The number of hydrogen-bond donors (Lipinski definition) is 4. The van der Waals surface area contributed by atoms with Crippen molar-refractivity contribution in [1.29, 1.82) is 0 Å². The molecular weight excluding hydrogens is 458 g/mol.